The molecule has 1 aromatic heterocycles. The van der Waals surface area contributed by atoms with E-state index in [4.69, 9.17) is 9.84 Å². The first-order valence-corrected chi connectivity index (χ1v) is 12.1. The molecule has 1 spiro atoms. The lowest BCUT2D eigenvalue weighted by Gasteiger charge is -2.27. The van der Waals surface area contributed by atoms with Gasteiger partial charge in [0.1, 0.15) is 5.75 Å². The second-order valence-electron chi connectivity index (χ2n) is 9.34. The molecule has 0 saturated heterocycles. The molecule has 9 nitrogen and oxygen atoms in total. The van der Waals surface area contributed by atoms with Crippen LogP contribution in [0.1, 0.15) is 39.9 Å². The summed E-state index contributed by atoms with van der Waals surface area (Å²) in [5.41, 5.74) is 2.99. The standard InChI is InChI=1S/C29H24N4O5/c30-16-18-6-7-19(3-1-5-26(34)35)24(13-18)33-28(37)23-15-29(23)10-12-38-25-9-8-20(14-22(25)29)27(36)32-21-4-2-11-31-17-21/h1-2,4-9,11,13-14,17,23H,3,10,12,15H2,(H,32,36)(H,33,37)(H,34,35)/t23-,29-/m0/s1. The molecule has 2 amide bonds. The lowest BCUT2D eigenvalue weighted by Crippen LogP contribution is -2.27. The zero-order valence-electron chi connectivity index (χ0n) is 20.3. The molecule has 9 heteroatoms. The molecule has 0 bridgehead atoms. The second kappa shape index (κ2) is 10.2. The van der Waals surface area contributed by atoms with E-state index in [1.165, 1.54) is 6.08 Å². The third kappa shape index (κ3) is 4.97. The number of hydrogen-bond acceptors (Lipinski definition) is 6. The Morgan fingerprint density at radius 3 is 2.82 bits per heavy atom. The van der Waals surface area contributed by atoms with Gasteiger partial charge in [-0.15, -0.1) is 0 Å². The minimum Gasteiger partial charge on any atom is -0.493 e. The van der Waals surface area contributed by atoms with Crippen LogP contribution in [-0.2, 0) is 21.4 Å². The highest BCUT2D eigenvalue weighted by molar-refractivity contribution is 6.04. The van der Waals surface area contributed by atoms with Crippen LogP contribution in [-0.4, -0.2) is 34.5 Å². The van der Waals surface area contributed by atoms with Crippen molar-refractivity contribution < 1.29 is 24.2 Å². The summed E-state index contributed by atoms with van der Waals surface area (Å²) >= 11 is 0. The normalized spacial score (nSPS) is 19.2. The summed E-state index contributed by atoms with van der Waals surface area (Å²) in [6, 6.07) is 15.8. The topological polar surface area (TPSA) is 141 Å². The highest BCUT2D eigenvalue weighted by Gasteiger charge is 2.61. The zero-order chi connectivity index (χ0) is 26.7. The molecule has 2 heterocycles. The zero-order valence-corrected chi connectivity index (χ0v) is 20.3. The Balaban J connectivity index is 1.37. The summed E-state index contributed by atoms with van der Waals surface area (Å²) in [5, 5.41) is 24.0. The van der Waals surface area contributed by atoms with Gasteiger partial charge in [0.2, 0.25) is 5.91 Å². The van der Waals surface area contributed by atoms with Gasteiger partial charge in [-0.05, 0) is 67.3 Å². The van der Waals surface area contributed by atoms with Crippen molar-refractivity contribution in [2.45, 2.75) is 24.7 Å². The summed E-state index contributed by atoms with van der Waals surface area (Å²) in [4.78, 5) is 41.2. The fourth-order valence-corrected chi connectivity index (χ4v) is 4.97. The summed E-state index contributed by atoms with van der Waals surface area (Å²) in [6.07, 6.45) is 7.25. The molecule has 2 aliphatic rings. The molecule has 2 aromatic carbocycles. The van der Waals surface area contributed by atoms with Crippen LogP contribution in [0, 0.1) is 17.2 Å². The van der Waals surface area contributed by atoms with E-state index in [9.17, 15) is 19.6 Å². The number of amides is 2. The third-order valence-electron chi connectivity index (χ3n) is 6.99. The van der Waals surface area contributed by atoms with Crippen LogP contribution in [0.3, 0.4) is 0 Å². The van der Waals surface area contributed by atoms with Gasteiger partial charge >= 0.3 is 5.97 Å². The average Bonchev–Trinajstić information content (AvgIpc) is 3.64. The van der Waals surface area contributed by atoms with Crippen molar-refractivity contribution >= 4 is 29.2 Å². The highest BCUT2D eigenvalue weighted by Crippen LogP contribution is 2.61. The van der Waals surface area contributed by atoms with Crippen molar-refractivity contribution in [1.82, 2.24) is 4.98 Å². The number of anilines is 2. The van der Waals surface area contributed by atoms with Crippen LogP contribution in [0.25, 0.3) is 0 Å². The Morgan fingerprint density at radius 1 is 1.18 bits per heavy atom. The predicted octanol–water partition coefficient (Wildman–Crippen LogP) is 4.07. The minimum absolute atomic E-state index is 0.193. The number of nitrogens with zero attached hydrogens (tertiary/aromatic N) is 2. The number of carbonyl (C=O) groups is 3. The SMILES string of the molecule is N#Cc1ccc(CC=CC(=O)O)c(NC(=O)[C@@H]2C[C@]23CCOc2ccc(C(=O)Nc4cccnc4)cc23)c1. The minimum atomic E-state index is -1.06. The van der Waals surface area contributed by atoms with E-state index in [-0.39, 0.29) is 24.2 Å². The first-order chi connectivity index (χ1) is 18.4. The first-order valence-electron chi connectivity index (χ1n) is 12.1. The van der Waals surface area contributed by atoms with Crippen LogP contribution in [0.5, 0.6) is 5.75 Å². The number of carbonyl (C=O) groups excluding carboxylic acids is 2. The predicted molar refractivity (Wildman–Crippen MR) is 139 cm³/mol. The van der Waals surface area contributed by atoms with Gasteiger partial charge in [0.05, 0.1) is 30.1 Å². The number of carboxylic acid groups (broad SMARTS) is 1. The smallest absolute Gasteiger partial charge is 0.327 e. The monoisotopic (exact) mass is 508 g/mol. The molecule has 5 rings (SSSR count). The number of nitrogens with one attached hydrogen (secondary N) is 2. The molecule has 1 aliphatic carbocycles. The van der Waals surface area contributed by atoms with Gasteiger partial charge in [-0.25, -0.2) is 4.79 Å². The number of rotatable bonds is 7. The van der Waals surface area contributed by atoms with Crippen molar-refractivity contribution in [1.29, 1.82) is 5.26 Å². The first kappa shape index (κ1) is 24.7. The molecule has 0 unspecified atom stereocenters. The Kier molecular flexibility index (Phi) is 6.62. The lowest BCUT2D eigenvalue weighted by molar-refractivity contribution is -0.131. The summed E-state index contributed by atoms with van der Waals surface area (Å²) in [7, 11) is 0. The van der Waals surface area contributed by atoms with Crippen LogP contribution in [0.4, 0.5) is 11.4 Å². The number of carboxylic acids is 1. The molecule has 3 N–H and O–H groups in total. The molecular formula is C29H24N4O5. The van der Waals surface area contributed by atoms with Crippen molar-refractivity contribution in [2.24, 2.45) is 5.92 Å². The van der Waals surface area contributed by atoms with Crippen LogP contribution in [0.15, 0.2) is 73.1 Å². The number of allylic oxidation sites excluding steroid dienone is 1. The van der Waals surface area contributed by atoms with Crippen molar-refractivity contribution in [3.8, 4) is 11.8 Å². The Morgan fingerprint density at radius 2 is 2.05 bits per heavy atom. The number of aliphatic carboxylic acids is 1. The number of fused-ring (bicyclic) bond motifs is 2. The summed E-state index contributed by atoms with van der Waals surface area (Å²) in [6.45, 7) is 0.465. The molecule has 1 aliphatic heterocycles. The van der Waals surface area contributed by atoms with E-state index in [1.807, 2.05) is 0 Å². The maximum Gasteiger partial charge on any atom is 0.327 e. The van der Waals surface area contributed by atoms with Crippen molar-refractivity contribution in [3.63, 3.8) is 0 Å². The van der Waals surface area contributed by atoms with Gasteiger partial charge in [-0.1, -0.05) is 12.1 Å². The molecule has 2 atom stereocenters. The van der Waals surface area contributed by atoms with Gasteiger partial charge in [0.15, 0.2) is 0 Å². The average molecular weight is 509 g/mol. The lowest BCUT2D eigenvalue weighted by atomic mass is 9.86. The second-order valence-corrected chi connectivity index (χ2v) is 9.34. The van der Waals surface area contributed by atoms with E-state index in [0.29, 0.717) is 53.3 Å². The van der Waals surface area contributed by atoms with Crippen LogP contribution in [0.2, 0.25) is 0 Å². The van der Waals surface area contributed by atoms with Crippen LogP contribution >= 0.6 is 0 Å². The van der Waals surface area contributed by atoms with Crippen LogP contribution < -0.4 is 15.4 Å². The van der Waals surface area contributed by atoms with Gasteiger partial charge in [0, 0.05) is 40.4 Å². The molecule has 38 heavy (non-hydrogen) atoms. The highest BCUT2D eigenvalue weighted by atomic mass is 16.5. The fourth-order valence-electron chi connectivity index (χ4n) is 4.97. The number of nitriles is 1. The molecule has 3 aromatic rings. The number of aromatic nitrogens is 1. The summed E-state index contributed by atoms with van der Waals surface area (Å²) < 4.78 is 5.85. The Hall–Kier alpha value is -4.97. The largest absolute Gasteiger partial charge is 0.493 e. The van der Waals surface area contributed by atoms with Gasteiger partial charge < -0.3 is 20.5 Å². The molecule has 190 valence electrons. The number of ether oxygens (including phenoxy) is 1. The number of hydrogen-bond donors (Lipinski definition) is 3. The Labute approximate surface area is 218 Å². The van der Waals surface area contributed by atoms with Gasteiger partial charge in [-0.3, -0.25) is 14.6 Å². The maximum absolute atomic E-state index is 13.4. The van der Waals surface area contributed by atoms with E-state index < -0.39 is 11.4 Å². The quantitative estimate of drug-likeness (QED) is 0.409. The third-order valence-corrected chi connectivity index (χ3v) is 6.99. The van der Waals surface area contributed by atoms with E-state index in [2.05, 4.69) is 21.7 Å². The van der Waals surface area contributed by atoms with Gasteiger partial charge in [0.25, 0.3) is 5.91 Å². The van der Waals surface area contributed by atoms with E-state index in [1.54, 1.807) is 60.9 Å². The molecular weight excluding hydrogens is 484 g/mol. The molecule has 1 fully saturated rings. The van der Waals surface area contributed by atoms with E-state index in [0.717, 1.165) is 11.6 Å². The number of pyridine rings is 1. The van der Waals surface area contributed by atoms with Crippen molar-refractivity contribution in [2.75, 3.05) is 17.2 Å². The van der Waals surface area contributed by atoms with E-state index >= 15 is 0 Å². The molecule has 0 radical (unpaired) electrons. The molecule has 1 saturated carbocycles. The van der Waals surface area contributed by atoms with Gasteiger partial charge in [-0.2, -0.15) is 5.26 Å². The van der Waals surface area contributed by atoms with Crippen molar-refractivity contribution in [3.05, 3.63) is 95.3 Å². The fraction of sp³-hybridized carbons (Fsp3) is 0.207. The maximum atomic E-state index is 13.4. The summed E-state index contributed by atoms with van der Waals surface area (Å²) in [5.74, 6) is -1.21. The number of benzene rings is 2. The Bertz CT molecular complexity index is 1490.